The maximum atomic E-state index is 12.3. The van der Waals surface area contributed by atoms with E-state index in [1.165, 1.54) is 0 Å². The first-order chi connectivity index (χ1) is 10.2. The van der Waals surface area contributed by atoms with E-state index in [0.717, 1.165) is 10.9 Å². The molecule has 0 aliphatic rings. The summed E-state index contributed by atoms with van der Waals surface area (Å²) in [6, 6.07) is 16.0. The number of nitrogens with one attached hydrogen (secondary N) is 2. The molecule has 21 heavy (non-hydrogen) atoms. The van der Waals surface area contributed by atoms with Gasteiger partial charge in [-0.25, -0.2) is 0 Å². The smallest absolute Gasteiger partial charge is 0.272 e. The maximum Gasteiger partial charge on any atom is 0.272 e. The van der Waals surface area contributed by atoms with Crippen molar-refractivity contribution in [1.29, 1.82) is 5.26 Å². The fourth-order valence-electron chi connectivity index (χ4n) is 2.11. The van der Waals surface area contributed by atoms with Gasteiger partial charge in [0.05, 0.1) is 11.3 Å². The number of para-hydroxylation sites is 1. The van der Waals surface area contributed by atoms with Crippen LogP contribution in [0.4, 0.5) is 5.69 Å². The number of fused-ring (bicyclic) bond motifs is 1. The van der Waals surface area contributed by atoms with Crippen molar-refractivity contribution in [1.82, 2.24) is 4.98 Å². The van der Waals surface area contributed by atoms with Crippen LogP contribution in [0.2, 0.25) is 5.02 Å². The summed E-state index contributed by atoms with van der Waals surface area (Å²) >= 11 is 5.93. The van der Waals surface area contributed by atoms with Gasteiger partial charge >= 0.3 is 0 Å². The summed E-state index contributed by atoms with van der Waals surface area (Å²) in [4.78, 5) is 15.3. The highest BCUT2D eigenvalue weighted by atomic mass is 35.5. The third-order valence-corrected chi connectivity index (χ3v) is 3.36. The van der Waals surface area contributed by atoms with Crippen molar-refractivity contribution < 1.29 is 4.79 Å². The Morgan fingerprint density at radius 1 is 1.19 bits per heavy atom. The molecule has 1 aromatic heterocycles. The zero-order valence-electron chi connectivity index (χ0n) is 10.9. The summed E-state index contributed by atoms with van der Waals surface area (Å²) in [7, 11) is 0. The molecule has 4 nitrogen and oxygen atoms in total. The van der Waals surface area contributed by atoms with Crippen molar-refractivity contribution in [2.45, 2.75) is 0 Å². The third-order valence-electron chi connectivity index (χ3n) is 3.12. The fraction of sp³-hybridized carbons (Fsp3) is 0. The van der Waals surface area contributed by atoms with E-state index in [4.69, 9.17) is 16.9 Å². The summed E-state index contributed by atoms with van der Waals surface area (Å²) in [6.45, 7) is 0. The first-order valence-corrected chi connectivity index (χ1v) is 6.64. The van der Waals surface area contributed by atoms with Crippen LogP contribution in [-0.4, -0.2) is 10.9 Å². The van der Waals surface area contributed by atoms with Crippen molar-refractivity contribution in [2.75, 3.05) is 5.32 Å². The van der Waals surface area contributed by atoms with Gasteiger partial charge in [0.25, 0.3) is 5.91 Å². The number of hydrogen-bond acceptors (Lipinski definition) is 2. The number of carbonyl (C=O) groups is 1. The summed E-state index contributed by atoms with van der Waals surface area (Å²) in [5.41, 5.74) is 2.16. The number of benzene rings is 2. The topological polar surface area (TPSA) is 68.7 Å². The number of aromatic nitrogens is 1. The molecule has 5 heteroatoms. The second kappa shape index (κ2) is 5.31. The van der Waals surface area contributed by atoms with Crippen LogP contribution in [0.1, 0.15) is 16.1 Å². The molecule has 0 atom stereocenters. The Balaban J connectivity index is 1.92. The Morgan fingerprint density at radius 2 is 2.00 bits per heavy atom. The van der Waals surface area contributed by atoms with Gasteiger partial charge in [0.15, 0.2) is 0 Å². The van der Waals surface area contributed by atoms with Crippen LogP contribution in [0.15, 0.2) is 48.5 Å². The lowest BCUT2D eigenvalue weighted by molar-refractivity contribution is 0.102. The molecule has 2 aromatic carbocycles. The van der Waals surface area contributed by atoms with E-state index in [-0.39, 0.29) is 5.91 Å². The third kappa shape index (κ3) is 2.60. The Labute approximate surface area is 126 Å². The number of halogens is 1. The largest absolute Gasteiger partial charge is 0.351 e. The minimum atomic E-state index is -0.301. The van der Waals surface area contributed by atoms with Gasteiger partial charge in [0, 0.05) is 15.9 Å². The monoisotopic (exact) mass is 295 g/mol. The first-order valence-electron chi connectivity index (χ1n) is 6.26. The van der Waals surface area contributed by atoms with Crippen molar-refractivity contribution in [2.24, 2.45) is 0 Å². The van der Waals surface area contributed by atoms with Crippen LogP contribution >= 0.6 is 11.6 Å². The number of carbonyl (C=O) groups excluding carboxylic acids is 1. The Bertz CT molecular complexity index is 877. The highest BCUT2D eigenvalue weighted by Gasteiger charge is 2.11. The van der Waals surface area contributed by atoms with Crippen molar-refractivity contribution in [3.8, 4) is 6.07 Å². The molecule has 3 aromatic rings. The lowest BCUT2D eigenvalue weighted by Crippen LogP contribution is -2.13. The number of H-pyrrole nitrogens is 1. The molecule has 1 amide bonds. The average molecular weight is 296 g/mol. The number of nitrogens with zero attached hydrogens (tertiary/aromatic N) is 1. The van der Waals surface area contributed by atoms with E-state index in [2.05, 4.69) is 10.3 Å². The highest BCUT2D eigenvalue weighted by molar-refractivity contribution is 6.31. The Morgan fingerprint density at radius 3 is 2.81 bits per heavy atom. The number of amides is 1. The number of anilines is 1. The first kappa shape index (κ1) is 13.2. The molecule has 0 bridgehead atoms. The van der Waals surface area contributed by atoms with Crippen LogP contribution in [0.3, 0.4) is 0 Å². The molecule has 0 unspecified atom stereocenters. The summed E-state index contributed by atoms with van der Waals surface area (Å²) in [6.07, 6.45) is 0. The lowest BCUT2D eigenvalue weighted by Gasteiger charge is -2.05. The predicted octanol–water partition coefficient (Wildman–Crippen LogP) is 3.95. The molecule has 0 spiro atoms. The number of rotatable bonds is 2. The molecule has 3 rings (SSSR count). The normalized spacial score (nSPS) is 10.3. The Hall–Kier alpha value is -2.77. The molecule has 0 aliphatic heterocycles. The molecule has 2 N–H and O–H groups in total. The van der Waals surface area contributed by atoms with Crippen LogP contribution < -0.4 is 5.32 Å². The molecule has 1 heterocycles. The minimum absolute atomic E-state index is 0.301. The molecule has 0 fully saturated rings. The Kier molecular flexibility index (Phi) is 3.35. The van der Waals surface area contributed by atoms with Crippen LogP contribution in [0.5, 0.6) is 0 Å². The van der Waals surface area contributed by atoms with E-state index >= 15 is 0 Å². The standard InChI is InChI=1S/C16H10ClN3O/c17-12-5-6-14-11(7-12)8-15(19-14)16(21)20-13-4-2-1-3-10(13)9-18/h1-8,19H,(H,20,21). The summed E-state index contributed by atoms with van der Waals surface area (Å²) in [5, 5.41) is 13.2. The zero-order chi connectivity index (χ0) is 14.8. The van der Waals surface area contributed by atoms with E-state index in [9.17, 15) is 4.79 Å². The van der Waals surface area contributed by atoms with E-state index in [0.29, 0.717) is 22.0 Å². The van der Waals surface area contributed by atoms with Gasteiger partial charge in [0.2, 0.25) is 0 Å². The number of nitriles is 1. The predicted molar refractivity (Wildman–Crippen MR) is 82.4 cm³/mol. The molecule has 0 saturated heterocycles. The van der Waals surface area contributed by atoms with E-state index in [1.807, 2.05) is 12.1 Å². The fourth-order valence-corrected chi connectivity index (χ4v) is 2.29. The van der Waals surface area contributed by atoms with E-state index < -0.39 is 0 Å². The maximum absolute atomic E-state index is 12.3. The van der Waals surface area contributed by atoms with Gasteiger partial charge < -0.3 is 10.3 Å². The minimum Gasteiger partial charge on any atom is -0.351 e. The van der Waals surface area contributed by atoms with Crippen LogP contribution in [0, 0.1) is 11.3 Å². The van der Waals surface area contributed by atoms with Crippen LogP contribution in [0.25, 0.3) is 10.9 Å². The van der Waals surface area contributed by atoms with Gasteiger partial charge in [-0.05, 0) is 36.4 Å². The SMILES string of the molecule is N#Cc1ccccc1NC(=O)c1cc2cc(Cl)ccc2[nH]1. The van der Waals surface area contributed by atoms with Gasteiger partial charge in [-0.3, -0.25) is 4.79 Å². The van der Waals surface area contributed by atoms with Crippen LogP contribution in [-0.2, 0) is 0 Å². The zero-order valence-corrected chi connectivity index (χ0v) is 11.6. The second-order valence-electron chi connectivity index (χ2n) is 4.53. The highest BCUT2D eigenvalue weighted by Crippen LogP contribution is 2.21. The van der Waals surface area contributed by atoms with Crippen molar-refractivity contribution in [3.05, 3.63) is 64.8 Å². The number of aromatic amines is 1. The van der Waals surface area contributed by atoms with Gasteiger partial charge in [-0.2, -0.15) is 5.26 Å². The summed E-state index contributed by atoms with van der Waals surface area (Å²) in [5.74, 6) is -0.301. The van der Waals surface area contributed by atoms with Crippen molar-refractivity contribution in [3.63, 3.8) is 0 Å². The quantitative estimate of drug-likeness (QED) is 0.751. The van der Waals surface area contributed by atoms with Gasteiger partial charge in [-0.15, -0.1) is 0 Å². The molecular formula is C16H10ClN3O. The molecule has 0 aliphatic carbocycles. The molecule has 0 saturated carbocycles. The van der Waals surface area contributed by atoms with Crippen molar-refractivity contribution >= 4 is 34.1 Å². The molecule has 0 radical (unpaired) electrons. The molecule has 102 valence electrons. The molecular weight excluding hydrogens is 286 g/mol. The summed E-state index contributed by atoms with van der Waals surface area (Å²) < 4.78 is 0. The van der Waals surface area contributed by atoms with Gasteiger partial charge in [-0.1, -0.05) is 23.7 Å². The average Bonchev–Trinajstić information content (AvgIpc) is 2.91. The number of hydrogen-bond donors (Lipinski definition) is 2. The van der Waals surface area contributed by atoms with E-state index in [1.54, 1.807) is 42.5 Å². The second-order valence-corrected chi connectivity index (χ2v) is 4.96. The lowest BCUT2D eigenvalue weighted by atomic mass is 10.2. The van der Waals surface area contributed by atoms with Gasteiger partial charge in [0.1, 0.15) is 11.8 Å².